The van der Waals surface area contributed by atoms with Crippen molar-refractivity contribution in [3.63, 3.8) is 0 Å². The maximum absolute atomic E-state index is 13.9. The van der Waals surface area contributed by atoms with Gasteiger partial charge in [0.25, 0.3) is 5.56 Å². The van der Waals surface area contributed by atoms with Crippen molar-refractivity contribution in [1.82, 2.24) is 19.6 Å². The molecule has 2 aromatic carbocycles. The number of nitrogens with zero attached hydrogens (tertiary/aromatic N) is 3. The molecule has 0 amide bonds. The second-order valence-electron chi connectivity index (χ2n) is 7.61. The van der Waals surface area contributed by atoms with E-state index in [0.29, 0.717) is 4.52 Å². The molecule has 0 radical (unpaired) electrons. The summed E-state index contributed by atoms with van der Waals surface area (Å²) in [4.78, 5) is 33.3. The number of carboxylic acid groups (broad SMARTS) is 1. The molecule has 0 fully saturated rings. The quantitative estimate of drug-likeness (QED) is 0.384. The Morgan fingerprint density at radius 3 is 2.49 bits per heavy atom. The molecule has 0 aliphatic heterocycles. The number of benzene rings is 2. The van der Waals surface area contributed by atoms with Crippen molar-refractivity contribution in [2.24, 2.45) is 0 Å². The number of hydrogen-bond acceptors (Lipinski definition) is 6. The second kappa shape index (κ2) is 7.72. The van der Waals surface area contributed by atoms with Gasteiger partial charge in [-0.15, -0.1) is 0 Å². The lowest BCUT2D eigenvalue weighted by Crippen LogP contribution is -2.19. The molecule has 0 saturated carbocycles. The van der Waals surface area contributed by atoms with Crippen LogP contribution in [-0.4, -0.2) is 37.8 Å². The van der Waals surface area contributed by atoms with E-state index in [1.165, 1.54) is 38.3 Å². The Morgan fingerprint density at radius 1 is 1.14 bits per heavy atom. The van der Waals surface area contributed by atoms with E-state index in [4.69, 9.17) is 9.15 Å². The molecule has 2 N–H and O–H groups in total. The van der Waals surface area contributed by atoms with Crippen LogP contribution >= 0.6 is 0 Å². The van der Waals surface area contributed by atoms with E-state index in [1.807, 2.05) is 0 Å². The zero-order valence-electron chi connectivity index (χ0n) is 18.1. The number of ether oxygens (including phenoxy) is 1. The standard InChI is InChI=1S/C23H15F3N4O5/c1-10-15(20-28-17-13(34-2)8-12(22(32)33)9-14(17)35-20)21(31)30-19(27-10)16(11-6-4-3-5-7-11)18(29-30)23(24,25)26/h3-9,29H,1-2H3,(H,32,33). The fourth-order valence-corrected chi connectivity index (χ4v) is 3.89. The molecule has 0 aliphatic rings. The lowest BCUT2D eigenvalue weighted by Gasteiger charge is -2.07. The minimum absolute atomic E-state index is 0.0214. The van der Waals surface area contributed by atoms with Crippen molar-refractivity contribution >= 4 is 22.7 Å². The molecule has 0 bridgehead atoms. The molecule has 0 atom stereocenters. The van der Waals surface area contributed by atoms with E-state index in [-0.39, 0.29) is 56.3 Å². The number of nitrogens with one attached hydrogen (secondary N) is 1. The predicted octanol–water partition coefficient (Wildman–Crippen LogP) is 4.53. The molecule has 5 rings (SSSR count). The van der Waals surface area contributed by atoms with Gasteiger partial charge in [0.1, 0.15) is 17.0 Å². The number of fused-ring (bicyclic) bond motifs is 2. The number of aryl methyl sites for hydroxylation is 1. The van der Waals surface area contributed by atoms with Gasteiger partial charge in [-0.3, -0.25) is 9.89 Å². The minimum Gasteiger partial charge on any atom is -0.494 e. The molecular formula is C23H15F3N4O5. The van der Waals surface area contributed by atoms with E-state index < -0.39 is 23.4 Å². The third kappa shape index (κ3) is 3.50. The number of aromatic nitrogens is 4. The second-order valence-corrected chi connectivity index (χ2v) is 7.61. The summed E-state index contributed by atoms with van der Waals surface area (Å²) < 4.78 is 53.2. The molecule has 0 unspecified atom stereocenters. The van der Waals surface area contributed by atoms with Gasteiger partial charge in [0.05, 0.1) is 23.9 Å². The van der Waals surface area contributed by atoms with Crippen molar-refractivity contribution in [1.29, 1.82) is 0 Å². The van der Waals surface area contributed by atoms with Gasteiger partial charge in [-0.25, -0.2) is 14.8 Å². The smallest absolute Gasteiger partial charge is 0.433 e. The van der Waals surface area contributed by atoms with E-state index in [1.54, 1.807) is 18.2 Å². The summed E-state index contributed by atoms with van der Waals surface area (Å²) in [6.45, 7) is 1.44. The van der Waals surface area contributed by atoms with Crippen LogP contribution in [0, 0.1) is 6.92 Å². The summed E-state index contributed by atoms with van der Waals surface area (Å²) in [5.41, 5.74) is -2.34. The topological polar surface area (TPSA) is 123 Å². The largest absolute Gasteiger partial charge is 0.494 e. The van der Waals surface area contributed by atoms with Gasteiger partial charge >= 0.3 is 12.1 Å². The van der Waals surface area contributed by atoms with Crippen LogP contribution in [0.25, 0.3) is 39.3 Å². The van der Waals surface area contributed by atoms with Crippen molar-refractivity contribution in [3.8, 4) is 28.3 Å². The number of rotatable bonds is 4. The van der Waals surface area contributed by atoms with Crippen molar-refractivity contribution in [2.45, 2.75) is 13.1 Å². The third-order valence-corrected chi connectivity index (χ3v) is 5.45. The van der Waals surface area contributed by atoms with E-state index in [0.717, 1.165) is 0 Å². The Morgan fingerprint density at radius 2 is 1.86 bits per heavy atom. The fraction of sp³-hybridized carbons (Fsp3) is 0.130. The van der Waals surface area contributed by atoms with Gasteiger partial charge in [0.15, 0.2) is 16.7 Å². The first-order valence-corrected chi connectivity index (χ1v) is 10.1. The molecule has 5 aromatic rings. The molecule has 35 heavy (non-hydrogen) atoms. The number of H-pyrrole nitrogens is 1. The normalized spacial score (nSPS) is 11.9. The maximum Gasteiger partial charge on any atom is 0.433 e. The lowest BCUT2D eigenvalue weighted by atomic mass is 10.1. The Bertz CT molecular complexity index is 1680. The predicted molar refractivity (Wildman–Crippen MR) is 118 cm³/mol. The molecular weight excluding hydrogens is 469 g/mol. The average molecular weight is 484 g/mol. The highest BCUT2D eigenvalue weighted by molar-refractivity contribution is 5.95. The Hall–Kier alpha value is -4.61. The number of methoxy groups -OCH3 is 1. The van der Waals surface area contributed by atoms with Crippen LogP contribution < -0.4 is 10.3 Å². The number of alkyl halides is 3. The summed E-state index contributed by atoms with van der Waals surface area (Å²) in [5, 5.41) is 11.4. The highest BCUT2D eigenvalue weighted by atomic mass is 19.4. The minimum atomic E-state index is -4.79. The maximum atomic E-state index is 13.9. The molecule has 178 valence electrons. The van der Waals surface area contributed by atoms with Crippen LogP contribution in [0.1, 0.15) is 21.7 Å². The van der Waals surface area contributed by atoms with E-state index >= 15 is 0 Å². The van der Waals surface area contributed by atoms with Gasteiger partial charge in [0.2, 0.25) is 5.89 Å². The zero-order chi connectivity index (χ0) is 25.1. The number of hydrogen-bond donors (Lipinski definition) is 2. The van der Waals surface area contributed by atoms with Crippen molar-refractivity contribution in [3.05, 3.63) is 69.8 Å². The monoisotopic (exact) mass is 484 g/mol. The molecule has 0 aliphatic carbocycles. The highest BCUT2D eigenvalue weighted by Crippen LogP contribution is 2.39. The van der Waals surface area contributed by atoms with E-state index in [2.05, 4.69) is 15.1 Å². The molecule has 9 nitrogen and oxygen atoms in total. The summed E-state index contributed by atoms with van der Waals surface area (Å²) >= 11 is 0. The Labute approximate surface area is 193 Å². The summed E-state index contributed by atoms with van der Waals surface area (Å²) in [6.07, 6.45) is -4.79. The van der Waals surface area contributed by atoms with Crippen LogP contribution in [0.4, 0.5) is 13.2 Å². The van der Waals surface area contributed by atoms with Crippen molar-refractivity contribution in [2.75, 3.05) is 7.11 Å². The number of halogens is 3. The molecule has 12 heteroatoms. The number of aromatic amines is 1. The highest BCUT2D eigenvalue weighted by Gasteiger charge is 2.38. The van der Waals surface area contributed by atoms with Gasteiger partial charge < -0.3 is 14.3 Å². The summed E-state index contributed by atoms with van der Waals surface area (Å²) in [6, 6.07) is 10.2. The SMILES string of the molecule is COc1cc(C(=O)O)cc2oc(-c3c(C)nc4c(-c5ccccc5)c(C(F)(F)F)[nH]n4c3=O)nc12. The first kappa shape index (κ1) is 22.2. The van der Waals surface area contributed by atoms with Crippen LogP contribution in [0.3, 0.4) is 0 Å². The first-order chi connectivity index (χ1) is 16.6. The van der Waals surface area contributed by atoms with Crippen molar-refractivity contribution < 1.29 is 32.2 Å². The Kier molecular flexibility index (Phi) is 4.90. The molecule has 3 aromatic heterocycles. The Balaban J connectivity index is 1.80. The lowest BCUT2D eigenvalue weighted by molar-refractivity contribution is -0.140. The molecule has 0 saturated heterocycles. The van der Waals surface area contributed by atoms with Gasteiger partial charge in [-0.05, 0) is 24.6 Å². The average Bonchev–Trinajstić information content (AvgIpc) is 3.40. The molecule has 3 heterocycles. The van der Waals surface area contributed by atoms with Gasteiger partial charge in [-0.1, -0.05) is 30.3 Å². The number of carbonyl (C=O) groups is 1. The van der Waals surface area contributed by atoms with Crippen LogP contribution in [-0.2, 0) is 6.18 Å². The van der Waals surface area contributed by atoms with Crippen LogP contribution in [0.15, 0.2) is 51.7 Å². The zero-order valence-corrected chi connectivity index (χ0v) is 18.1. The van der Waals surface area contributed by atoms with Gasteiger partial charge in [-0.2, -0.15) is 17.7 Å². The number of oxazole rings is 1. The van der Waals surface area contributed by atoms with E-state index in [9.17, 15) is 27.9 Å². The summed E-state index contributed by atoms with van der Waals surface area (Å²) in [5.74, 6) is -1.39. The first-order valence-electron chi connectivity index (χ1n) is 10.1. The van der Waals surface area contributed by atoms with Gasteiger partial charge in [0, 0.05) is 0 Å². The van der Waals surface area contributed by atoms with Crippen LogP contribution in [0.5, 0.6) is 5.75 Å². The number of carboxylic acids is 1. The number of aromatic carboxylic acids is 1. The fourth-order valence-electron chi connectivity index (χ4n) is 3.89. The van der Waals surface area contributed by atoms with Crippen LogP contribution in [0.2, 0.25) is 0 Å². The summed E-state index contributed by atoms with van der Waals surface area (Å²) in [7, 11) is 1.31. The third-order valence-electron chi connectivity index (χ3n) is 5.45. The molecule has 0 spiro atoms.